The summed E-state index contributed by atoms with van der Waals surface area (Å²) in [7, 11) is 3.19. The molecule has 3 rings (SSSR count). The van der Waals surface area contributed by atoms with Crippen LogP contribution in [0.25, 0.3) is 11.0 Å². The summed E-state index contributed by atoms with van der Waals surface area (Å²) in [5, 5.41) is 0.799. The minimum absolute atomic E-state index is 0.322. The van der Waals surface area contributed by atoms with Crippen LogP contribution in [0.5, 0.6) is 5.75 Å². The second-order valence-corrected chi connectivity index (χ2v) is 6.34. The van der Waals surface area contributed by atoms with Gasteiger partial charge in [-0.25, -0.2) is 9.59 Å². The zero-order chi connectivity index (χ0) is 18.8. The SMILES string of the molecule is Cc1c(Cc2cccc(N)c2)c(=O)oc2cc(OC(=O)N(C)C)ccc12. The quantitative estimate of drug-likeness (QED) is 0.577. The summed E-state index contributed by atoms with van der Waals surface area (Å²) in [6.07, 6.45) is -0.0614. The van der Waals surface area contributed by atoms with Gasteiger partial charge in [0.2, 0.25) is 0 Å². The van der Waals surface area contributed by atoms with Gasteiger partial charge in [-0.15, -0.1) is 0 Å². The van der Waals surface area contributed by atoms with E-state index in [1.165, 1.54) is 4.90 Å². The van der Waals surface area contributed by atoms with Crippen molar-refractivity contribution < 1.29 is 13.9 Å². The molecule has 2 aromatic carbocycles. The number of aryl methyl sites for hydroxylation is 1. The number of fused-ring (bicyclic) bond motifs is 1. The molecule has 1 amide bonds. The number of nitrogen functional groups attached to an aromatic ring is 1. The van der Waals surface area contributed by atoms with Gasteiger partial charge in [-0.2, -0.15) is 0 Å². The number of nitrogens with zero attached hydrogens (tertiary/aromatic N) is 1. The molecule has 2 N–H and O–H groups in total. The molecule has 0 fully saturated rings. The molecule has 3 aromatic rings. The standard InChI is InChI=1S/C20H20N2O4/c1-12-16-8-7-15(25-20(24)22(2)3)11-18(16)26-19(23)17(12)10-13-5-4-6-14(21)9-13/h4-9,11H,10,21H2,1-3H3. The zero-order valence-corrected chi connectivity index (χ0v) is 14.9. The van der Waals surface area contributed by atoms with E-state index in [0.717, 1.165) is 16.5 Å². The molecule has 134 valence electrons. The highest BCUT2D eigenvalue weighted by molar-refractivity contribution is 5.83. The van der Waals surface area contributed by atoms with Crippen molar-refractivity contribution in [1.29, 1.82) is 0 Å². The Labute approximate surface area is 150 Å². The molecule has 6 heteroatoms. The Bertz CT molecular complexity index is 1040. The smallest absolute Gasteiger partial charge is 0.414 e. The average Bonchev–Trinajstić information content (AvgIpc) is 2.58. The number of carbonyl (C=O) groups excluding carboxylic acids is 1. The minimum Gasteiger partial charge on any atom is -0.422 e. The van der Waals surface area contributed by atoms with Gasteiger partial charge in [-0.3, -0.25) is 0 Å². The van der Waals surface area contributed by atoms with E-state index in [4.69, 9.17) is 14.9 Å². The van der Waals surface area contributed by atoms with Gasteiger partial charge in [0.15, 0.2) is 0 Å². The van der Waals surface area contributed by atoms with Crippen LogP contribution in [0.1, 0.15) is 16.7 Å². The van der Waals surface area contributed by atoms with E-state index in [1.807, 2.05) is 25.1 Å². The molecule has 0 bridgehead atoms. The van der Waals surface area contributed by atoms with E-state index in [9.17, 15) is 9.59 Å². The number of benzene rings is 2. The molecule has 6 nitrogen and oxygen atoms in total. The number of nitrogens with two attached hydrogens (primary N) is 1. The maximum atomic E-state index is 12.5. The van der Waals surface area contributed by atoms with Gasteiger partial charge >= 0.3 is 11.7 Å². The lowest BCUT2D eigenvalue weighted by Gasteiger charge is -2.12. The molecular weight excluding hydrogens is 332 g/mol. The Kier molecular flexibility index (Phi) is 4.67. The highest BCUT2D eigenvalue weighted by Gasteiger charge is 2.14. The molecule has 0 aliphatic heterocycles. The van der Waals surface area contributed by atoms with Crippen molar-refractivity contribution in [2.45, 2.75) is 13.3 Å². The Balaban J connectivity index is 2.00. The Hall–Kier alpha value is -3.28. The molecule has 0 radical (unpaired) electrons. The lowest BCUT2D eigenvalue weighted by atomic mass is 9.99. The summed E-state index contributed by atoms with van der Waals surface area (Å²) in [5.41, 5.74) is 8.80. The third kappa shape index (κ3) is 3.54. The van der Waals surface area contributed by atoms with Crippen LogP contribution in [0.4, 0.5) is 10.5 Å². The molecular formula is C20H20N2O4. The predicted molar refractivity (Wildman–Crippen MR) is 101 cm³/mol. The van der Waals surface area contributed by atoms with Gasteiger partial charge in [0.05, 0.1) is 0 Å². The molecule has 1 aromatic heterocycles. The third-order valence-electron chi connectivity index (χ3n) is 4.16. The largest absolute Gasteiger partial charge is 0.422 e. The van der Waals surface area contributed by atoms with Crippen LogP contribution in [0.3, 0.4) is 0 Å². The summed E-state index contributed by atoms with van der Waals surface area (Å²) in [6.45, 7) is 1.88. The fourth-order valence-electron chi connectivity index (χ4n) is 2.74. The number of carbonyl (C=O) groups is 1. The first-order valence-electron chi connectivity index (χ1n) is 8.15. The van der Waals surface area contributed by atoms with Crippen LogP contribution in [-0.2, 0) is 6.42 Å². The Morgan fingerprint density at radius 2 is 1.96 bits per heavy atom. The van der Waals surface area contributed by atoms with Crippen molar-refractivity contribution in [2.75, 3.05) is 19.8 Å². The van der Waals surface area contributed by atoms with Gasteiger partial charge in [-0.1, -0.05) is 12.1 Å². The number of rotatable bonds is 3. The van der Waals surface area contributed by atoms with Crippen molar-refractivity contribution >= 4 is 22.7 Å². The van der Waals surface area contributed by atoms with Gasteiger partial charge in [0, 0.05) is 43.2 Å². The number of hydrogen-bond donors (Lipinski definition) is 1. The van der Waals surface area contributed by atoms with E-state index in [1.54, 1.807) is 38.4 Å². The molecule has 26 heavy (non-hydrogen) atoms. The van der Waals surface area contributed by atoms with Crippen LogP contribution in [0, 0.1) is 6.92 Å². The topological polar surface area (TPSA) is 85.8 Å². The van der Waals surface area contributed by atoms with Gasteiger partial charge in [0.25, 0.3) is 0 Å². The minimum atomic E-state index is -0.498. The summed E-state index contributed by atoms with van der Waals surface area (Å²) in [5.74, 6) is 0.322. The van der Waals surface area contributed by atoms with Crippen molar-refractivity contribution in [3.63, 3.8) is 0 Å². The lowest BCUT2D eigenvalue weighted by Crippen LogP contribution is -2.25. The normalized spacial score (nSPS) is 10.7. The van der Waals surface area contributed by atoms with Crippen LogP contribution >= 0.6 is 0 Å². The van der Waals surface area contributed by atoms with Gasteiger partial charge < -0.3 is 19.8 Å². The van der Waals surface area contributed by atoms with Crippen LogP contribution in [0.15, 0.2) is 51.7 Å². The molecule has 0 aliphatic rings. The Morgan fingerprint density at radius 1 is 1.19 bits per heavy atom. The summed E-state index contributed by atoms with van der Waals surface area (Å²) >= 11 is 0. The highest BCUT2D eigenvalue weighted by Crippen LogP contribution is 2.25. The first-order valence-corrected chi connectivity index (χ1v) is 8.15. The zero-order valence-electron chi connectivity index (χ0n) is 14.9. The van der Waals surface area contributed by atoms with Gasteiger partial charge in [-0.05, 0) is 42.3 Å². The molecule has 1 heterocycles. The van der Waals surface area contributed by atoms with Crippen LogP contribution in [-0.4, -0.2) is 25.1 Å². The molecule has 0 saturated carbocycles. The first-order chi connectivity index (χ1) is 12.3. The average molecular weight is 352 g/mol. The highest BCUT2D eigenvalue weighted by atomic mass is 16.6. The monoisotopic (exact) mass is 352 g/mol. The number of ether oxygens (including phenoxy) is 1. The van der Waals surface area contributed by atoms with Crippen molar-refractivity contribution in [3.05, 3.63) is 69.6 Å². The number of anilines is 1. The second kappa shape index (κ2) is 6.92. The molecule has 0 atom stereocenters. The maximum Gasteiger partial charge on any atom is 0.414 e. The summed E-state index contributed by atoms with van der Waals surface area (Å²) in [4.78, 5) is 25.5. The van der Waals surface area contributed by atoms with Gasteiger partial charge in [0.1, 0.15) is 11.3 Å². The van der Waals surface area contributed by atoms with E-state index in [0.29, 0.717) is 29.0 Å². The lowest BCUT2D eigenvalue weighted by molar-refractivity contribution is 0.172. The van der Waals surface area contributed by atoms with E-state index < -0.39 is 11.7 Å². The van der Waals surface area contributed by atoms with Crippen molar-refractivity contribution in [3.8, 4) is 5.75 Å². The van der Waals surface area contributed by atoms with Crippen LogP contribution in [0.2, 0.25) is 0 Å². The summed E-state index contributed by atoms with van der Waals surface area (Å²) < 4.78 is 10.7. The molecule has 0 spiro atoms. The number of amides is 1. The second-order valence-electron chi connectivity index (χ2n) is 6.34. The molecule has 0 aliphatic carbocycles. The van der Waals surface area contributed by atoms with Crippen molar-refractivity contribution in [2.24, 2.45) is 0 Å². The predicted octanol–water partition coefficient (Wildman–Crippen LogP) is 3.33. The van der Waals surface area contributed by atoms with Crippen molar-refractivity contribution in [1.82, 2.24) is 4.90 Å². The van der Waals surface area contributed by atoms with E-state index in [-0.39, 0.29) is 0 Å². The Morgan fingerprint density at radius 3 is 2.65 bits per heavy atom. The molecule has 0 saturated heterocycles. The maximum absolute atomic E-state index is 12.5. The number of hydrogen-bond acceptors (Lipinski definition) is 5. The fourth-order valence-corrected chi connectivity index (χ4v) is 2.74. The van der Waals surface area contributed by atoms with E-state index >= 15 is 0 Å². The molecule has 0 unspecified atom stereocenters. The van der Waals surface area contributed by atoms with Crippen LogP contribution < -0.4 is 16.1 Å². The summed E-state index contributed by atoms with van der Waals surface area (Å²) in [6, 6.07) is 12.4. The third-order valence-corrected chi connectivity index (χ3v) is 4.16. The van der Waals surface area contributed by atoms with E-state index in [2.05, 4.69) is 0 Å². The first kappa shape index (κ1) is 17.5. The fraction of sp³-hybridized carbons (Fsp3) is 0.200.